The van der Waals surface area contributed by atoms with Crippen molar-refractivity contribution in [3.63, 3.8) is 0 Å². The van der Waals surface area contributed by atoms with Crippen LogP contribution in [0.2, 0.25) is 24.2 Å². The van der Waals surface area contributed by atoms with Crippen molar-refractivity contribution in [3.8, 4) is 0 Å². The Balaban J connectivity index is 1.58. The first-order valence-electron chi connectivity index (χ1n) is 11.9. The number of rotatable bonds is 3. The summed E-state index contributed by atoms with van der Waals surface area (Å²) in [5, 5.41) is 0. The van der Waals surface area contributed by atoms with Gasteiger partial charge in [0.15, 0.2) is 0 Å². The fourth-order valence-corrected chi connectivity index (χ4v) is 14.2. The topological polar surface area (TPSA) is 0 Å². The standard InChI is InChI=1S/C24H44Si/c1-16(2)22-15-24(21-13-9-7-11-19(21)22)25(4,5)23-14-17(3)18-10-6-8-12-20(18)23/h16-24H,6-15H2,1-5H3. The summed E-state index contributed by atoms with van der Waals surface area (Å²) >= 11 is 0. The third kappa shape index (κ3) is 3.09. The fraction of sp³-hybridized carbons (Fsp3) is 1.00. The fourth-order valence-electron chi connectivity index (χ4n) is 8.76. The lowest BCUT2D eigenvalue weighted by Gasteiger charge is -2.45. The van der Waals surface area contributed by atoms with Gasteiger partial charge in [-0.15, -0.1) is 0 Å². The molecule has 0 bridgehead atoms. The maximum atomic E-state index is 2.86. The van der Waals surface area contributed by atoms with E-state index in [4.69, 9.17) is 0 Å². The average molecular weight is 361 g/mol. The van der Waals surface area contributed by atoms with Gasteiger partial charge in [0.2, 0.25) is 0 Å². The van der Waals surface area contributed by atoms with Crippen LogP contribution in [0.5, 0.6) is 0 Å². The minimum atomic E-state index is -1.18. The van der Waals surface area contributed by atoms with Crippen LogP contribution in [0.1, 0.15) is 85.0 Å². The molecule has 4 saturated carbocycles. The molecule has 0 aliphatic heterocycles. The summed E-state index contributed by atoms with van der Waals surface area (Å²) in [4.78, 5) is 0. The van der Waals surface area contributed by atoms with Crippen molar-refractivity contribution in [3.05, 3.63) is 0 Å². The van der Waals surface area contributed by atoms with Crippen LogP contribution in [0.15, 0.2) is 0 Å². The molecule has 0 radical (unpaired) electrons. The van der Waals surface area contributed by atoms with E-state index in [1.807, 2.05) is 0 Å². The molecule has 25 heavy (non-hydrogen) atoms. The van der Waals surface area contributed by atoms with Gasteiger partial charge in [0, 0.05) is 0 Å². The Hall–Kier alpha value is 0.217. The lowest BCUT2D eigenvalue weighted by molar-refractivity contribution is 0.192. The molecule has 0 aromatic heterocycles. The summed E-state index contributed by atoms with van der Waals surface area (Å²) in [5.74, 6) is 7.48. The Morgan fingerprint density at radius 3 is 1.76 bits per heavy atom. The van der Waals surface area contributed by atoms with Crippen molar-refractivity contribution >= 4 is 8.07 Å². The molecule has 4 aliphatic carbocycles. The largest absolute Gasteiger partial charge is 0.0689 e. The summed E-state index contributed by atoms with van der Waals surface area (Å²) in [6.45, 7) is 13.4. The molecule has 0 heterocycles. The first-order chi connectivity index (χ1) is 11.9. The molecule has 0 spiro atoms. The second-order valence-electron chi connectivity index (χ2n) is 11.6. The molecule has 0 N–H and O–H groups in total. The molecule has 4 fully saturated rings. The van der Waals surface area contributed by atoms with Gasteiger partial charge in [0.05, 0.1) is 8.07 Å². The monoisotopic (exact) mass is 360 g/mol. The van der Waals surface area contributed by atoms with E-state index in [0.29, 0.717) is 0 Å². The van der Waals surface area contributed by atoms with Crippen LogP contribution >= 0.6 is 0 Å². The third-order valence-corrected chi connectivity index (χ3v) is 15.1. The molecule has 4 rings (SSSR count). The molecule has 4 aliphatic rings. The highest BCUT2D eigenvalue weighted by Gasteiger charge is 2.56. The molecule has 0 saturated heterocycles. The molecule has 0 aromatic carbocycles. The van der Waals surface area contributed by atoms with E-state index in [1.54, 1.807) is 51.4 Å². The van der Waals surface area contributed by atoms with Gasteiger partial charge in [0.25, 0.3) is 0 Å². The molecular weight excluding hydrogens is 316 g/mol. The zero-order chi connectivity index (χ0) is 17.8. The third-order valence-electron chi connectivity index (χ3n) is 9.98. The summed E-state index contributed by atoms with van der Waals surface area (Å²) in [6.07, 6.45) is 15.7. The van der Waals surface area contributed by atoms with E-state index < -0.39 is 8.07 Å². The number of hydrogen-bond donors (Lipinski definition) is 0. The van der Waals surface area contributed by atoms with Crippen molar-refractivity contribution < 1.29 is 0 Å². The quantitative estimate of drug-likeness (QED) is 0.451. The van der Waals surface area contributed by atoms with E-state index >= 15 is 0 Å². The molecular formula is C24H44Si. The molecule has 8 unspecified atom stereocenters. The van der Waals surface area contributed by atoms with Gasteiger partial charge < -0.3 is 0 Å². The first kappa shape index (κ1) is 18.6. The van der Waals surface area contributed by atoms with Gasteiger partial charge in [-0.25, -0.2) is 0 Å². The van der Waals surface area contributed by atoms with Crippen molar-refractivity contribution in [2.24, 2.45) is 41.4 Å². The normalized spacial score (nSPS) is 47.8. The van der Waals surface area contributed by atoms with Crippen LogP contribution in [0.3, 0.4) is 0 Å². The summed E-state index contributed by atoms with van der Waals surface area (Å²) in [7, 11) is -1.18. The molecule has 0 aromatic rings. The van der Waals surface area contributed by atoms with Gasteiger partial charge in [-0.1, -0.05) is 72.4 Å². The lowest BCUT2D eigenvalue weighted by Crippen LogP contribution is -2.43. The van der Waals surface area contributed by atoms with Crippen molar-refractivity contribution in [2.75, 3.05) is 0 Å². The van der Waals surface area contributed by atoms with Crippen LogP contribution in [-0.4, -0.2) is 8.07 Å². The van der Waals surface area contributed by atoms with Crippen molar-refractivity contribution in [1.29, 1.82) is 0 Å². The highest BCUT2D eigenvalue weighted by atomic mass is 28.3. The van der Waals surface area contributed by atoms with E-state index in [-0.39, 0.29) is 0 Å². The Labute approximate surface area is 158 Å². The van der Waals surface area contributed by atoms with Crippen LogP contribution in [0.25, 0.3) is 0 Å². The van der Waals surface area contributed by atoms with Crippen molar-refractivity contribution in [2.45, 2.75) is 109 Å². The number of hydrogen-bond acceptors (Lipinski definition) is 0. The van der Waals surface area contributed by atoms with Gasteiger partial charge in [-0.05, 0) is 78.2 Å². The zero-order valence-corrected chi connectivity index (χ0v) is 18.8. The highest BCUT2D eigenvalue weighted by molar-refractivity contribution is 6.80. The van der Waals surface area contributed by atoms with Crippen molar-refractivity contribution in [1.82, 2.24) is 0 Å². The van der Waals surface area contributed by atoms with Crippen LogP contribution < -0.4 is 0 Å². The molecule has 0 amide bonds. The maximum Gasteiger partial charge on any atom is 0.0541 e. The molecule has 144 valence electrons. The zero-order valence-electron chi connectivity index (χ0n) is 17.8. The van der Waals surface area contributed by atoms with Gasteiger partial charge >= 0.3 is 0 Å². The number of fused-ring (bicyclic) bond motifs is 2. The Bertz CT molecular complexity index is 467. The Kier molecular flexibility index (Phi) is 5.19. The van der Waals surface area contributed by atoms with Crippen LogP contribution in [0, 0.1) is 41.4 Å². The van der Waals surface area contributed by atoms with E-state index in [0.717, 1.165) is 52.5 Å². The summed E-state index contributed by atoms with van der Waals surface area (Å²) in [5.41, 5.74) is 2.31. The van der Waals surface area contributed by atoms with Crippen LogP contribution in [0.4, 0.5) is 0 Å². The predicted molar refractivity (Wildman–Crippen MR) is 113 cm³/mol. The van der Waals surface area contributed by atoms with Gasteiger partial charge in [0.1, 0.15) is 0 Å². The minimum absolute atomic E-state index is 0.922. The minimum Gasteiger partial charge on any atom is -0.0689 e. The Morgan fingerprint density at radius 2 is 1.16 bits per heavy atom. The average Bonchev–Trinajstić information content (AvgIpc) is 3.15. The summed E-state index contributed by atoms with van der Waals surface area (Å²) in [6, 6.07) is 0. The van der Waals surface area contributed by atoms with Gasteiger partial charge in [-0.3, -0.25) is 0 Å². The molecule has 1 heteroatoms. The first-order valence-corrected chi connectivity index (χ1v) is 15.1. The van der Waals surface area contributed by atoms with E-state index in [2.05, 4.69) is 33.9 Å². The summed E-state index contributed by atoms with van der Waals surface area (Å²) < 4.78 is 0. The molecule has 8 atom stereocenters. The molecule has 0 nitrogen and oxygen atoms in total. The Morgan fingerprint density at radius 1 is 0.680 bits per heavy atom. The van der Waals surface area contributed by atoms with E-state index in [9.17, 15) is 0 Å². The maximum absolute atomic E-state index is 2.86. The van der Waals surface area contributed by atoms with Crippen LogP contribution in [-0.2, 0) is 0 Å². The second-order valence-corrected chi connectivity index (χ2v) is 16.7. The van der Waals surface area contributed by atoms with E-state index in [1.165, 1.54) is 12.8 Å². The smallest absolute Gasteiger partial charge is 0.0541 e. The SMILES string of the molecule is CC(C)C1CC([Si](C)(C)C2CC(C)C3CCCCC32)C2CCCCC12. The predicted octanol–water partition coefficient (Wildman–Crippen LogP) is 7.76. The second kappa shape index (κ2) is 6.99. The van der Waals surface area contributed by atoms with Gasteiger partial charge in [-0.2, -0.15) is 0 Å². The lowest BCUT2D eigenvalue weighted by atomic mass is 9.75. The highest BCUT2D eigenvalue weighted by Crippen LogP contribution is 2.64.